The summed E-state index contributed by atoms with van der Waals surface area (Å²) in [7, 11) is 0. The van der Waals surface area contributed by atoms with Crippen molar-refractivity contribution in [1.82, 2.24) is 0 Å². The van der Waals surface area contributed by atoms with E-state index < -0.39 is 27.6 Å². The van der Waals surface area contributed by atoms with Crippen molar-refractivity contribution in [2.75, 3.05) is 0 Å². The van der Waals surface area contributed by atoms with Gasteiger partial charge in [0.05, 0.1) is 0 Å². The molecule has 142 valence electrons. The molecule has 2 N–H and O–H groups in total. The van der Waals surface area contributed by atoms with Crippen LogP contribution in [0.2, 0.25) is 0 Å². The number of aliphatic carboxylic acids is 1. The number of nitrogens with zero attached hydrogens (tertiary/aromatic N) is 1. The smallest absolute Gasteiger partial charge is 0.477 e. The average molecular weight is 368 g/mol. The molecule has 5 nitrogen and oxygen atoms in total. The Labute approximate surface area is 159 Å². The van der Waals surface area contributed by atoms with Crippen LogP contribution in [-0.2, 0) is 24.2 Å². The van der Waals surface area contributed by atoms with E-state index in [2.05, 4.69) is 0 Å². The zero-order chi connectivity index (χ0) is 19.9. The fourth-order valence-corrected chi connectivity index (χ4v) is 4.60. The topological polar surface area (TPSA) is 74.6 Å². The van der Waals surface area contributed by atoms with E-state index in [0.717, 1.165) is 16.7 Å². The van der Waals surface area contributed by atoms with Gasteiger partial charge in [0.1, 0.15) is 12.1 Å². The van der Waals surface area contributed by atoms with Gasteiger partial charge >= 0.3 is 12.1 Å². The molecule has 2 aromatic rings. The molecule has 27 heavy (non-hydrogen) atoms. The number of hydrogen-bond acceptors (Lipinski definition) is 2. The summed E-state index contributed by atoms with van der Waals surface area (Å²) in [6.45, 7) is 5.60. The number of rotatable bonds is 3. The van der Waals surface area contributed by atoms with E-state index in [4.69, 9.17) is 0 Å². The highest BCUT2D eigenvalue weighted by Gasteiger charge is 2.68. The SMILES string of the molecule is CC(C)(C)[N+]1(C(=O)O)Cc2ccccc2CC1(Cc1ccccc1)C(=O)O. The Bertz CT molecular complexity index is 871. The van der Waals surface area contributed by atoms with Gasteiger partial charge in [0.25, 0.3) is 0 Å². The lowest BCUT2D eigenvalue weighted by Gasteiger charge is -2.56. The zero-order valence-corrected chi connectivity index (χ0v) is 16.0. The second-order valence-corrected chi connectivity index (χ2v) is 8.37. The summed E-state index contributed by atoms with van der Waals surface area (Å²) in [5.41, 5.74) is 0.328. The Morgan fingerprint density at radius 2 is 1.52 bits per heavy atom. The molecule has 0 bridgehead atoms. The molecule has 5 heteroatoms. The number of hydrogen-bond donors (Lipinski definition) is 2. The fraction of sp³-hybridized carbons (Fsp3) is 0.364. The average Bonchev–Trinajstić information content (AvgIpc) is 2.60. The van der Waals surface area contributed by atoms with Gasteiger partial charge in [-0.15, -0.1) is 0 Å². The second-order valence-electron chi connectivity index (χ2n) is 8.37. The monoisotopic (exact) mass is 368 g/mol. The van der Waals surface area contributed by atoms with Crippen LogP contribution >= 0.6 is 0 Å². The Kier molecular flexibility index (Phi) is 4.60. The molecule has 1 heterocycles. The summed E-state index contributed by atoms with van der Waals surface area (Å²) in [4.78, 5) is 25.5. The first kappa shape index (κ1) is 19.1. The summed E-state index contributed by atoms with van der Waals surface area (Å²) in [6, 6.07) is 16.9. The summed E-state index contributed by atoms with van der Waals surface area (Å²) < 4.78 is -0.540. The van der Waals surface area contributed by atoms with Crippen LogP contribution in [0, 0.1) is 0 Å². The number of carbonyl (C=O) groups is 2. The van der Waals surface area contributed by atoms with Gasteiger partial charge in [0, 0.05) is 18.4 Å². The Hall–Kier alpha value is -2.66. The molecule has 2 unspecified atom stereocenters. The van der Waals surface area contributed by atoms with Gasteiger partial charge in [-0.3, -0.25) is 0 Å². The van der Waals surface area contributed by atoms with E-state index in [9.17, 15) is 19.8 Å². The molecule has 0 radical (unpaired) electrons. The van der Waals surface area contributed by atoms with Gasteiger partial charge in [-0.05, 0) is 31.9 Å². The molecule has 0 saturated carbocycles. The Morgan fingerprint density at radius 3 is 2.04 bits per heavy atom. The summed E-state index contributed by atoms with van der Waals surface area (Å²) in [6.07, 6.45) is -0.770. The highest BCUT2D eigenvalue weighted by Crippen LogP contribution is 2.46. The summed E-state index contributed by atoms with van der Waals surface area (Å²) >= 11 is 0. The molecular weight excluding hydrogens is 342 g/mol. The van der Waals surface area contributed by atoms with E-state index in [1.807, 2.05) is 75.4 Å². The van der Waals surface area contributed by atoms with Gasteiger partial charge in [-0.2, -0.15) is 9.28 Å². The summed E-state index contributed by atoms with van der Waals surface area (Å²) in [5.74, 6) is -1.07. The molecule has 0 aromatic heterocycles. The van der Waals surface area contributed by atoms with E-state index >= 15 is 0 Å². The lowest BCUT2D eigenvalue weighted by atomic mass is 9.73. The molecular formula is C22H26NO4+. The standard InChI is InChI=1S/C22H25NO4/c1-21(2,3)23(20(26)27)15-18-12-8-7-11-17(18)14-22(23,19(24)25)13-16-9-5-4-6-10-16/h4-12H,13-15H2,1-3H3,(H-,24,25,26,27)/p+1. The molecule has 0 spiro atoms. The van der Waals surface area contributed by atoms with Gasteiger partial charge < -0.3 is 10.2 Å². The molecule has 0 fully saturated rings. The van der Waals surface area contributed by atoms with E-state index in [1.54, 1.807) is 0 Å². The van der Waals surface area contributed by atoms with E-state index in [1.165, 1.54) is 0 Å². The van der Waals surface area contributed by atoms with Crippen molar-refractivity contribution in [2.45, 2.75) is 51.2 Å². The van der Waals surface area contributed by atoms with Crippen molar-refractivity contribution in [1.29, 1.82) is 0 Å². The van der Waals surface area contributed by atoms with Crippen LogP contribution in [0.3, 0.4) is 0 Å². The lowest BCUT2D eigenvalue weighted by Crippen LogP contribution is -2.79. The second kappa shape index (κ2) is 6.50. The maximum atomic E-state index is 12.8. The molecule has 0 aliphatic carbocycles. The van der Waals surface area contributed by atoms with Crippen LogP contribution in [0.5, 0.6) is 0 Å². The molecule has 1 aliphatic rings. The van der Waals surface area contributed by atoms with Gasteiger partial charge in [-0.25, -0.2) is 4.79 Å². The van der Waals surface area contributed by atoms with Crippen LogP contribution in [-0.4, -0.2) is 37.8 Å². The van der Waals surface area contributed by atoms with Gasteiger partial charge in [-0.1, -0.05) is 54.6 Å². The van der Waals surface area contributed by atoms with Gasteiger partial charge in [0.2, 0.25) is 5.54 Å². The number of quaternary nitrogens is 1. The van der Waals surface area contributed by atoms with Crippen LogP contribution in [0.1, 0.15) is 37.5 Å². The first-order valence-electron chi connectivity index (χ1n) is 9.10. The molecule has 3 rings (SSSR count). The number of fused-ring (bicyclic) bond motifs is 1. The zero-order valence-electron chi connectivity index (χ0n) is 16.0. The normalized spacial score (nSPS) is 24.9. The predicted molar refractivity (Wildman–Crippen MR) is 102 cm³/mol. The lowest BCUT2D eigenvalue weighted by molar-refractivity contribution is -0.956. The molecule has 1 amide bonds. The molecule has 2 atom stereocenters. The number of benzene rings is 2. The minimum absolute atomic E-state index is 0.147. The molecule has 2 aromatic carbocycles. The van der Waals surface area contributed by atoms with E-state index in [-0.39, 0.29) is 19.4 Å². The van der Waals surface area contributed by atoms with Crippen molar-refractivity contribution in [3.05, 3.63) is 71.3 Å². The highest BCUT2D eigenvalue weighted by atomic mass is 16.4. The minimum Gasteiger partial charge on any atom is -0.477 e. The van der Waals surface area contributed by atoms with Crippen LogP contribution < -0.4 is 0 Å². The third kappa shape index (κ3) is 2.82. The van der Waals surface area contributed by atoms with Crippen molar-refractivity contribution in [3.8, 4) is 0 Å². The Balaban J connectivity index is 2.31. The van der Waals surface area contributed by atoms with E-state index in [0.29, 0.717) is 0 Å². The molecule has 0 saturated heterocycles. The van der Waals surface area contributed by atoms with Crippen molar-refractivity contribution >= 4 is 12.1 Å². The van der Waals surface area contributed by atoms with Crippen LogP contribution in [0.4, 0.5) is 4.79 Å². The first-order valence-corrected chi connectivity index (χ1v) is 9.10. The highest BCUT2D eigenvalue weighted by molar-refractivity contribution is 5.81. The van der Waals surface area contributed by atoms with Crippen LogP contribution in [0.15, 0.2) is 54.6 Å². The number of amides is 1. The Morgan fingerprint density at radius 1 is 0.963 bits per heavy atom. The quantitative estimate of drug-likeness (QED) is 0.800. The third-order valence-corrected chi connectivity index (χ3v) is 5.95. The maximum Gasteiger partial charge on any atom is 0.515 e. The van der Waals surface area contributed by atoms with Crippen molar-refractivity contribution in [2.24, 2.45) is 0 Å². The first-order chi connectivity index (χ1) is 12.6. The van der Waals surface area contributed by atoms with Crippen molar-refractivity contribution < 1.29 is 24.3 Å². The largest absolute Gasteiger partial charge is 0.515 e. The maximum absolute atomic E-state index is 12.8. The molecule has 1 aliphatic heterocycles. The fourth-order valence-electron chi connectivity index (χ4n) is 4.60. The van der Waals surface area contributed by atoms with Crippen LogP contribution in [0.25, 0.3) is 0 Å². The van der Waals surface area contributed by atoms with Gasteiger partial charge in [0.15, 0.2) is 0 Å². The predicted octanol–water partition coefficient (Wildman–Crippen LogP) is 4.10. The number of carboxylic acids is 1. The third-order valence-electron chi connectivity index (χ3n) is 5.95. The number of carboxylic acid groups (broad SMARTS) is 2. The van der Waals surface area contributed by atoms with Crippen molar-refractivity contribution in [3.63, 3.8) is 0 Å². The minimum atomic E-state index is -1.50. The summed E-state index contributed by atoms with van der Waals surface area (Å²) in [5, 5.41) is 20.9.